The lowest BCUT2D eigenvalue weighted by Crippen LogP contribution is -2.51. The molecule has 1 saturated heterocycles. The Hall–Kier alpha value is -0.120. The van der Waals surface area contributed by atoms with Gasteiger partial charge in [-0.25, -0.2) is 0 Å². The van der Waals surface area contributed by atoms with Gasteiger partial charge in [-0.2, -0.15) is 0 Å². The number of ether oxygens (including phenoxy) is 1. The molecule has 0 radical (unpaired) electrons. The summed E-state index contributed by atoms with van der Waals surface area (Å²) in [6.07, 6.45) is 7.22. The average molecular weight is 226 g/mol. The molecule has 94 valence electrons. The third-order valence-corrected chi connectivity index (χ3v) is 4.17. The lowest BCUT2D eigenvalue weighted by molar-refractivity contribution is 0.0872. The molecule has 3 heteroatoms. The molecule has 0 amide bonds. The van der Waals surface area contributed by atoms with Gasteiger partial charge in [0.2, 0.25) is 0 Å². The van der Waals surface area contributed by atoms with Gasteiger partial charge >= 0.3 is 0 Å². The van der Waals surface area contributed by atoms with Crippen molar-refractivity contribution in [3.8, 4) is 0 Å². The highest BCUT2D eigenvalue weighted by atomic mass is 16.5. The number of hydrogen-bond donors (Lipinski definition) is 1. The van der Waals surface area contributed by atoms with Gasteiger partial charge in [0.25, 0.3) is 0 Å². The maximum atomic E-state index is 5.47. The van der Waals surface area contributed by atoms with Crippen LogP contribution in [0.2, 0.25) is 0 Å². The van der Waals surface area contributed by atoms with Crippen molar-refractivity contribution in [2.75, 3.05) is 26.7 Å². The van der Waals surface area contributed by atoms with Crippen molar-refractivity contribution in [1.82, 2.24) is 10.2 Å². The fourth-order valence-corrected chi connectivity index (χ4v) is 3.30. The molecule has 16 heavy (non-hydrogen) atoms. The van der Waals surface area contributed by atoms with Crippen LogP contribution in [-0.4, -0.2) is 49.8 Å². The molecule has 1 aliphatic carbocycles. The number of likely N-dealkylation sites (tertiary alicyclic amines) is 1. The minimum Gasteiger partial charge on any atom is -0.380 e. The van der Waals surface area contributed by atoms with E-state index in [1.54, 1.807) is 0 Å². The topological polar surface area (TPSA) is 24.5 Å². The monoisotopic (exact) mass is 226 g/mol. The molecule has 0 spiro atoms. The normalized spacial score (nSPS) is 36.8. The summed E-state index contributed by atoms with van der Waals surface area (Å²) in [6.45, 7) is 5.68. The molecule has 2 fully saturated rings. The molecule has 3 atom stereocenters. The SMILES string of the molecule is CCNC1CCCCC1N1CCC(OC)C1. The second-order valence-electron chi connectivity index (χ2n) is 5.16. The van der Waals surface area contributed by atoms with Gasteiger partial charge in [0.1, 0.15) is 0 Å². The molecule has 1 saturated carbocycles. The second kappa shape index (κ2) is 5.99. The van der Waals surface area contributed by atoms with Crippen LogP contribution in [0, 0.1) is 0 Å². The molecule has 0 bridgehead atoms. The molecule has 2 aliphatic rings. The fraction of sp³-hybridized carbons (Fsp3) is 1.00. The predicted octanol–water partition coefficient (Wildman–Crippen LogP) is 1.63. The van der Waals surface area contributed by atoms with E-state index < -0.39 is 0 Å². The number of rotatable bonds is 4. The zero-order chi connectivity index (χ0) is 11.4. The molecule has 1 heterocycles. The first-order chi connectivity index (χ1) is 7.85. The zero-order valence-electron chi connectivity index (χ0n) is 10.7. The number of likely N-dealkylation sites (N-methyl/N-ethyl adjacent to an activating group) is 1. The van der Waals surface area contributed by atoms with Gasteiger partial charge in [-0.15, -0.1) is 0 Å². The smallest absolute Gasteiger partial charge is 0.0710 e. The Balaban J connectivity index is 1.90. The minimum atomic E-state index is 0.476. The van der Waals surface area contributed by atoms with E-state index in [9.17, 15) is 0 Å². The molecule has 2 rings (SSSR count). The minimum absolute atomic E-state index is 0.476. The summed E-state index contributed by atoms with van der Waals surface area (Å²) in [4.78, 5) is 2.65. The molecule has 0 aromatic rings. The van der Waals surface area contributed by atoms with E-state index in [-0.39, 0.29) is 0 Å². The molecule has 3 nitrogen and oxygen atoms in total. The number of hydrogen-bond acceptors (Lipinski definition) is 3. The molecular weight excluding hydrogens is 200 g/mol. The largest absolute Gasteiger partial charge is 0.380 e. The van der Waals surface area contributed by atoms with Gasteiger partial charge in [-0.1, -0.05) is 19.8 Å². The zero-order valence-corrected chi connectivity index (χ0v) is 10.7. The lowest BCUT2D eigenvalue weighted by atomic mass is 9.89. The third-order valence-electron chi connectivity index (χ3n) is 4.17. The first-order valence-corrected chi connectivity index (χ1v) is 6.85. The average Bonchev–Trinajstić information content (AvgIpc) is 2.79. The highest BCUT2D eigenvalue weighted by molar-refractivity contribution is 4.91. The van der Waals surface area contributed by atoms with Crippen molar-refractivity contribution in [1.29, 1.82) is 0 Å². The number of nitrogens with one attached hydrogen (secondary N) is 1. The summed E-state index contributed by atoms with van der Waals surface area (Å²) < 4.78 is 5.47. The van der Waals surface area contributed by atoms with Crippen molar-refractivity contribution < 1.29 is 4.74 Å². The summed E-state index contributed by atoms with van der Waals surface area (Å²) in [5.74, 6) is 0. The van der Waals surface area contributed by atoms with Crippen LogP contribution in [0.5, 0.6) is 0 Å². The highest BCUT2D eigenvalue weighted by Gasteiger charge is 2.33. The lowest BCUT2D eigenvalue weighted by Gasteiger charge is -2.38. The summed E-state index contributed by atoms with van der Waals surface area (Å²) in [7, 11) is 1.84. The molecule has 3 unspecified atom stereocenters. The first kappa shape index (κ1) is 12.3. The van der Waals surface area contributed by atoms with Crippen LogP contribution < -0.4 is 5.32 Å². The van der Waals surface area contributed by atoms with Crippen molar-refractivity contribution in [2.45, 2.75) is 57.2 Å². The van der Waals surface area contributed by atoms with Gasteiger partial charge in [0, 0.05) is 32.3 Å². The van der Waals surface area contributed by atoms with E-state index in [1.165, 1.54) is 38.6 Å². The number of nitrogens with zero attached hydrogens (tertiary/aromatic N) is 1. The summed E-state index contributed by atoms with van der Waals surface area (Å²) in [5, 5.41) is 3.66. The van der Waals surface area contributed by atoms with Crippen LogP contribution in [-0.2, 0) is 4.74 Å². The van der Waals surface area contributed by atoms with Gasteiger partial charge in [0.15, 0.2) is 0 Å². The van der Waals surface area contributed by atoms with Crippen molar-refractivity contribution >= 4 is 0 Å². The second-order valence-corrected chi connectivity index (χ2v) is 5.16. The van der Waals surface area contributed by atoms with Crippen LogP contribution in [0.15, 0.2) is 0 Å². The highest BCUT2D eigenvalue weighted by Crippen LogP contribution is 2.26. The van der Waals surface area contributed by atoms with E-state index in [0.29, 0.717) is 12.1 Å². The molecule has 1 aliphatic heterocycles. The van der Waals surface area contributed by atoms with Crippen LogP contribution in [0.1, 0.15) is 39.0 Å². The van der Waals surface area contributed by atoms with Crippen molar-refractivity contribution in [3.63, 3.8) is 0 Å². The molecule has 0 aromatic carbocycles. The van der Waals surface area contributed by atoms with Crippen LogP contribution in [0.3, 0.4) is 0 Å². The van der Waals surface area contributed by atoms with Crippen LogP contribution in [0.4, 0.5) is 0 Å². The molecular formula is C13H26N2O. The standard InChI is InChI=1S/C13H26N2O/c1-3-14-12-6-4-5-7-13(12)15-9-8-11(10-15)16-2/h11-14H,3-10H2,1-2H3. The van der Waals surface area contributed by atoms with E-state index in [1.807, 2.05) is 7.11 Å². The molecule has 0 aromatic heterocycles. The summed E-state index contributed by atoms with van der Waals surface area (Å²) in [6, 6.07) is 1.48. The Morgan fingerprint density at radius 3 is 2.75 bits per heavy atom. The first-order valence-electron chi connectivity index (χ1n) is 6.85. The van der Waals surface area contributed by atoms with E-state index >= 15 is 0 Å². The van der Waals surface area contributed by atoms with Gasteiger partial charge in [0.05, 0.1) is 6.10 Å². The Kier molecular flexibility index (Phi) is 4.62. The number of methoxy groups -OCH3 is 1. The summed E-state index contributed by atoms with van der Waals surface area (Å²) in [5.41, 5.74) is 0. The maximum absolute atomic E-state index is 5.47. The maximum Gasteiger partial charge on any atom is 0.0710 e. The van der Waals surface area contributed by atoms with E-state index in [4.69, 9.17) is 4.74 Å². The Morgan fingerprint density at radius 2 is 2.06 bits per heavy atom. The van der Waals surface area contributed by atoms with E-state index in [0.717, 1.165) is 19.1 Å². The molecule has 1 N–H and O–H groups in total. The van der Waals surface area contributed by atoms with Gasteiger partial charge in [-0.3, -0.25) is 4.90 Å². The van der Waals surface area contributed by atoms with Crippen molar-refractivity contribution in [3.05, 3.63) is 0 Å². The third kappa shape index (κ3) is 2.76. The van der Waals surface area contributed by atoms with Gasteiger partial charge in [-0.05, 0) is 25.8 Å². The Morgan fingerprint density at radius 1 is 1.25 bits per heavy atom. The summed E-state index contributed by atoms with van der Waals surface area (Å²) >= 11 is 0. The predicted molar refractivity (Wildman–Crippen MR) is 66.7 cm³/mol. The Bertz CT molecular complexity index is 208. The fourth-order valence-electron chi connectivity index (χ4n) is 3.30. The van der Waals surface area contributed by atoms with Crippen LogP contribution >= 0.6 is 0 Å². The quantitative estimate of drug-likeness (QED) is 0.788. The van der Waals surface area contributed by atoms with Crippen molar-refractivity contribution in [2.24, 2.45) is 0 Å². The van der Waals surface area contributed by atoms with Gasteiger partial charge < -0.3 is 10.1 Å². The van der Waals surface area contributed by atoms with Crippen LogP contribution in [0.25, 0.3) is 0 Å². The Labute approximate surface area is 99.5 Å². The van der Waals surface area contributed by atoms with E-state index in [2.05, 4.69) is 17.1 Å².